The van der Waals surface area contributed by atoms with E-state index in [0.29, 0.717) is 0 Å². The van der Waals surface area contributed by atoms with E-state index in [0.717, 1.165) is 12.1 Å². The second-order valence-corrected chi connectivity index (χ2v) is 4.52. The second kappa shape index (κ2) is 6.16. The summed E-state index contributed by atoms with van der Waals surface area (Å²) >= 11 is 2.91. The van der Waals surface area contributed by atoms with Gasteiger partial charge in [-0.2, -0.15) is 8.78 Å². The average molecular weight is 359 g/mol. The molecule has 0 saturated carbocycles. The molecule has 0 radical (unpaired) electrons. The molecule has 0 heterocycles. The average Bonchev–Trinajstić information content (AvgIpc) is 2.36. The van der Waals surface area contributed by atoms with Gasteiger partial charge in [-0.15, -0.1) is 0 Å². The third-order valence-corrected chi connectivity index (χ3v) is 2.90. The summed E-state index contributed by atoms with van der Waals surface area (Å²) in [6, 6.07) is 3.12. The Morgan fingerprint density at radius 2 is 2.05 bits per heavy atom. The van der Waals surface area contributed by atoms with Crippen molar-refractivity contribution in [2.45, 2.75) is 12.3 Å². The largest absolute Gasteiger partial charge is 0.346 e. The van der Waals surface area contributed by atoms with Crippen molar-refractivity contribution in [1.29, 1.82) is 0 Å². The summed E-state index contributed by atoms with van der Waals surface area (Å²) < 4.78 is 49.2. The van der Waals surface area contributed by atoms with Gasteiger partial charge in [0.2, 0.25) is 0 Å². The van der Waals surface area contributed by atoms with Crippen LogP contribution in [0.2, 0.25) is 0 Å². The number of alkyl halides is 4. The van der Waals surface area contributed by atoms with Gasteiger partial charge in [-0.1, -0.05) is 0 Å². The molecule has 1 N–H and O–H groups in total. The van der Waals surface area contributed by atoms with Crippen LogP contribution in [0, 0.1) is 10.1 Å². The first-order valence-corrected chi connectivity index (χ1v) is 5.82. The van der Waals surface area contributed by atoms with E-state index in [4.69, 9.17) is 0 Å². The van der Waals surface area contributed by atoms with E-state index in [-0.39, 0.29) is 10.0 Å². The number of non-ortho nitro benzene ring substituents is 1. The van der Waals surface area contributed by atoms with Crippen LogP contribution in [-0.2, 0) is 0 Å². The summed E-state index contributed by atoms with van der Waals surface area (Å²) in [6.45, 7) is -1.57. The molecule has 1 rings (SSSR count). The number of hydrogen-bond donors (Lipinski definition) is 1. The third-order valence-electron chi connectivity index (χ3n) is 2.21. The summed E-state index contributed by atoms with van der Waals surface area (Å²) in [5, 5.41) is 12.1. The predicted molar refractivity (Wildman–Crippen MR) is 64.1 cm³/mol. The summed E-state index contributed by atoms with van der Waals surface area (Å²) in [6.07, 6.45) is -3.92. The Morgan fingerprint density at radius 1 is 1.45 bits per heavy atom. The maximum Gasteiger partial charge on any atom is 0.324 e. The first-order chi connectivity index (χ1) is 9.15. The Kier molecular flexibility index (Phi) is 5.03. The van der Waals surface area contributed by atoms with E-state index in [9.17, 15) is 32.5 Å². The van der Waals surface area contributed by atoms with Crippen LogP contribution in [0.1, 0.15) is 10.4 Å². The van der Waals surface area contributed by atoms with Crippen molar-refractivity contribution in [1.82, 2.24) is 5.32 Å². The number of carbonyl (C=O) groups excluding carboxylic acids is 1. The van der Waals surface area contributed by atoms with Crippen molar-refractivity contribution < 1.29 is 27.3 Å². The number of benzene rings is 1. The minimum absolute atomic E-state index is 0.112. The van der Waals surface area contributed by atoms with Gasteiger partial charge in [0.25, 0.3) is 11.6 Å². The quantitative estimate of drug-likeness (QED) is 0.499. The number of nitrogens with zero attached hydrogens (tertiary/aromatic N) is 1. The van der Waals surface area contributed by atoms with Crippen LogP contribution in [0.3, 0.4) is 0 Å². The van der Waals surface area contributed by atoms with Crippen molar-refractivity contribution >= 4 is 27.5 Å². The molecular weight excluding hydrogens is 352 g/mol. The molecule has 20 heavy (non-hydrogen) atoms. The van der Waals surface area contributed by atoms with Crippen molar-refractivity contribution in [3.05, 3.63) is 38.3 Å². The highest BCUT2D eigenvalue weighted by Crippen LogP contribution is 2.24. The normalized spacial score (nSPS) is 11.5. The SMILES string of the molecule is O=C(NCC(F)(F)C(F)F)c1cc([N+](=O)[O-])ccc1Br. The van der Waals surface area contributed by atoms with Gasteiger partial charge in [0.1, 0.15) is 0 Å². The topological polar surface area (TPSA) is 72.2 Å². The van der Waals surface area contributed by atoms with E-state index in [1.807, 2.05) is 0 Å². The Balaban J connectivity index is 2.88. The van der Waals surface area contributed by atoms with Crippen LogP contribution in [-0.4, -0.2) is 29.7 Å². The Hall–Kier alpha value is -1.71. The zero-order chi connectivity index (χ0) is 15.5. The molecule has 1 aromatic rings. The van der Waals surface area contributed by atoms with Crippen LogP contribution in [0.4, 0.5) is 23.2 Å². The molecule has 10 heteroatoms. The fourth-order valence-corrected chi connectivity index (χ4v) is 1.60. The standard InChI is InChI=1S/C10H7BrF4N2O3/c11-7-2-1-5(17(19)20)3-6(7)8(18)16-4-10(14,15)9(12)13/h1-3,9H,4H2,(H,16,18). The van der Waals surface area contributed by atoms with Crippen LogP contribution in [0.25, 0.3) is 0 Å². The highest BCUT2D eigenvalue weighted by atomic mass is 79.9. The van der Waals surface area contributed by atoms with Gasteiger partial charge in [0, 0.05) is 16.6 Å². The molecule has 0 bridgehead atoms. The number of nitro benzene ring substituents is 1. The number of hydrogen-bond acceptors (Lipinski definition) is 3. The van der Waals surface area contributed by atoms with E-state index < -0.39 is 35.4 Å². The van der Waals surface area contributed by atoms with Gasteiger partial charge >= 0.3 is 12.3 Å². The van der Waals surface area contributed by atoms with Crippen molar-refractivity contribution in [3.63, 3.8) is 0 Å². The molecule has 1 amide bonds. The minimum Gasteiger partial charge on any atom is -0.346 e. The summed E-state index contributed by atoms with van der Waals surface area (Å²) in [5.74, 6) is -5.50. The van der Waals surface area contributed by atoms with Crippen LogP contribution in [0.15, 0.2) is 22.7 Å². The van der Waals surface area contributed by atoms with Crippen LogP contribution in [0.5, 0.6) is 0 Å². The first-order valence-electron chi connectivity index (χ1n) is 5.03. The van der Waals surface area contributed by atoms with Crippen molar-refractivity contribution in [2.24, 2.45) is 0 Å². The molecule has 0 aliphatic heterocycles. The monoisotopic (exact) mass is 358 g/mol. The highest BCUT2D eigenvalue weighted by molar-refractivity contribution is 9.10. The highest BCUT2D eigenvalue weighted by Gasteiger charge is 2.41. The molecule has 0 aliphatic carbocycles. The summed E-state index contributed by atoms with van der Waals surface area (Å²) in [5.41, 5.74) is -0.733. The lowest BCUT2D eigenvalue weighted by Crippen LogP contribution is -2.41. The number of amides is 1. The van der Waals surface area contributed by atoms with Gasteiger partial charge in [0.05, 0.1) is 17.0 Å². The summed E-state index contributed by atoms with van der Waals surface area (Å²) in [7, 11) is 0. The Morgan fingerprint density at radius 3 is 2.55 bits per heavy atom. The number of halogens is 5. The van der Waals surface area contributed by atoms with Crippen molar-refractivity contribution in [2.75, 3.05) is 6.54 Å². The first kappa shape index (κ1) is 16.3. The van der Waals surface area contributed by atoms with E-state index in [2.05, 4.69) is 15.9 Å². The Bertz CT molecular complexity index is 539. The lowest BCUT2D eigenvalue weighted by atomic mass is 10.2. The molecule has 0 saturated heterocycles. The molecule has 0 aromatic heterocycles. The molecule has 1 aromatic carbocycles. The van der Waals surface area contributed by atoms with Gasteiger partial charge in [-0.05, 0) is 22.0 Å². The maximum atomic E-state index is 12.6. The van der Waals surface area contributed by atoms with Gasteiger partial charge in [-0.25, -0.2) is 8.78 Å². The number of nitrogens with one attached hydrogen (secondary N) is 1. The smallest absolute Gasteiger partial charge is 0.324 e. The van der Waals surface area contributed by atoms with Crippen molar-refractivity contribution in [3.8, 4) is 0 Å². The molecule has 0 atom stereocenters. The fourth-order valence-electron chi connectivity index (χ4n) is 1.17. The number of rotatable bonds is 5. The zero-order valence-electron chi connectivity index (χ0n) is 9.58. The lowest BCUT2D eigenvalue weighted by molar-refractivity contribution is -0.384. The molecule has 0 spiro atoms. The van der Waals surface area contributed by atoms with Gasteiger partial charge < -0.3 is 5.32 Å². The maximum absolute atomic E-state index is 12.6. The molecule has 5 nitrogen and oxygen atoms in total. The zero-order valence-corrected chi connectivity index (χ0v) is 11.2. The molecule has 110 valence electrons. The predicted octanol–water partition coefficient (Wildman–Crippen LogP) is 2.99. The van der Waals surface area contributed by atoms with Crippen LogP contribution < -0.4 is 5.32 Å². The fraction of sp³-hybridized carbons (Fsp3) is 0.300. The third kappa shape index (κ3) is 3.89. The lowest BCUT2D eigenvalue weighted by Gasteiger charge is -2.16. The molecule has 0 unspecified atom stereocenters. The minimum atomic E-state index is -4.37. The van der Waals surface area contributed by atoms with E-state index >= 15 is 0 Å². The van der Waals surface area contributed by atoms with E-state index in [1.165, 1.54) is 6.07 Å². The summed E-state index contributed by atoms with van der Waals surface area (Å²) in [4.78, 5) is 21.3. The number of carbonyl (C=O) groups is 1. The van der Waals surface area contributed by atoms with Crippen LogP contribution >= 0.6 is 15.9 Å². The molecule has 0 aliphatic rings. The molecule has 0 fully saturated rings. The molecular formula is C10H7BrF4N2O3. The van der Waals surface area contributed by atoms with Gasteiger partial charge in [-0.3, -0.25) is 14.9 Å². The van der Waals surface area contributed by atoms with E-state index in [1.54, 1.807) is 5.32 Å². The number of nitro groups is 1. The Labute approximate surface area is 118 Å². The second-order valence-electron chi connectivity index (χ2n) is 3.67. The van der Waals surface area contributed by atoms with Gasteiger partial charge in [0.15, 0.2) is 0 Å².